The molecule has 1 amide bonds. The molecule has 1 saturated carbocycles. The van der Waals surface area contributed by atoms with Crippen molar-refractivity contribution in [1.29, 1.82) is 0 Å². The van der Waals surface area contributed by atoms with Gasteiger partial charge in [0, 0.05) is 18.0 Å². The minimum absolute atomic E-state index is 0.0479. The van der Waals surface area contributed by atoms with E-state index in [2.05, 4.69) is 13.8 Å². The molecule has 1 fully saturated rings. The first kappa shape index (κ1) is 17.0. The molecule has 1 aliphatic rings. The summed E-state index contributed by atoms with van der Waals surface area (Å²) in [6.07, 6.45) is 0.975. The number of hydrogen-bond donors (Lipinski definition) is 0. The van der Waals surface area contributed by atoms with Crippen LogP contribution in [0.1, 0.15) is 61.3 Å². The van der Waals surface area contributed by atoms with E-state index in [1.165, 1.54) is 0 Å². The maximum atomic E-state index is 12.5. The summed E-state index contributed by atoms with van der Waals surface area (Å²) in [6, 6.07) is 0.150. The topological polar surface area (TPSA) is 46.6 Å². The highest BCUT2D eigenvalue weighted by molar-refractivity contribution is 5.93. The van der Waals surface area contributed by atoms with Crippen LogP contribution in [0.4, 0.5) is 4.79 Å². The maximum absolute atomic E-state index is 12.5. The van der Waals surface area contributed by atoms with Crippen molar-refractivity contribution < 1.29 is 14.3 Å². The molecule has 0 radical (unpaired) electrons. The fourth-order valence-corrected chi connectivity index (χ4v) is 2.43. The van der Waals surface area contributed by atoms with Crippen LogP contribution in [0, 0.1) is 11.8 Å². The summed E-state index contributed by atoms with van der Waals surface area (Å²) in [5, 5.41) is 0. The van der Waals surface area contributed by atoms with E-state index in [-0.39, 0.29) is 29.9 Å². The van der Waals surface area contributed by atoms with Crippen molar-refractivity contribution in [3.8, 4) is 0 Å². The molecule has 1 aliphatic carbocycles. The third-order valence-electron chi connectivity index (χ3n) is 4.13. The van der Waals surface area contributed by atoms with Crippen molar-refractivity contribution in [1.82, 2.24) is 4.90 Å². The Hall–Kier alpha value is -1.06. The zero-order chi connectivity index (χ0) is 15.7. The Balaban J connectivity index is 2.80. The Labute approximate surface area is 122 Å². The predicted octanol–water partition coefficient (Wildman–Crippen LogP) is 3.64. The third kappa shape index (κ3) is 3.53. The molecule has 1 rings (SSSR count). The van der Waals surface area contributed by atoms with E-state index in [9.17, 15) is 9.59 Å². The molecule has 4 nitrogen and oxygen atoms in total. The molecule has 20 heavy (non-hydrogen) atoms. The lowest BCUT2D eigenvalue weighted by Gasteiger charge is -2.35. The van der Waals surface area contributed by atoms with Crippen molar-refractivity contribution in [3.05, 3.63) is 0 Å². The fourth-order valence-electron chi connectivity index (χ4n) is 2.43. The Bertz CT molecular complexity index is 370. The van der Waals surface area contributed by atoms with Gasteiger partial charge in [0.25, 0.3) is 0 Å². The molecule has 0 aliphatic heterocycles. The molecule has 0 spiro atoms. The van der Waals surface area contributed by atoms with Crippen LogP contribution in [0.5, 0.6) is 0 Å². The molecule has 0 saturated heterocycles. The largest absolute Gasteiger partial charge is 0.435 e. The average molecular weight is 283 g/mol. The fraction of sp³-hybridized carbons (Fsp3) is 0.875. The van der Waals surface area contributed by atoms with Gasteiger partial charge in [-0.1, -0.05) is 27.7 Å². The molecule has 0 aromatic rings. The number of hydrogen-bond acceptors (Lipinski definition) is 3. The van der Waals surface area contributed by atoms with Crippen LogP contribution >= 0.6 is 0 Å². The van der Waals surface area contributed by atoms with E-state index in [0.717, 1.165) is 0 Å². The second kappa shape index (κ2) is 6.15. The van der Waals surface area contributed by atoms with E-state index < -0.39 is 5.60 Å². The summed E-state index contributed by atoms with van der Waals surface area (Å²) in [7, 11) is 0. The monoisotopic (exact) mass is 283 g/mol. The van der Waals surface area contributed by atoms with Gasteiger partial charge in [0.15, 0.2) is 11.4 Å². The molecule has 0 aromatic carbocycles. The molecule has 0 N–H and O–H groups in total. The minimum Gasteiger partial charge on any atom is -0.435 e. The first-order valence-electron chi connectivity index (χ1n) is 7.68. The van der Waals surface area contributed by atoms with Crippen molar-refractivity contribution in [3.63, 3.8) is 0 Å². The van der Waals surface area contributed by atoms with Gasteiger partial charge in [-0.2, -0.15) is 0 Å². The Morgan fingerprint density at radius 1 is 1.00 bits per heavy atom. The molecule has 116 valence electrons. The van der Waals surface area contributed by atoms with Crippen LogP contribution in [0.2, 0.25) is 0 Å². The Kier molecular flexibility index (Phi) is 5.22. The highest BCUT2D eigenvalue weighted by Crippen LogP contribution is 2.43. The van der Waals surface area contributed by atoms with E-state index >= 15 is 0 Å². The maximum Gasteiger partial charge on any atom is 0.411 e. The first-order valence-corrected chi connectivity index (χ1v) is 7.68. The zero-order valence-electron chi connectivity index (χ0n) is 13.9. The lowest BCUT2D eigenvalue weighted by Crippen LogP contribution is -2.48. The molecular weight excluding hydrogens is 254 g/mol. The van der Waals surface area contributed by atoms with Gasteiger partial charge >= 0.3 is 6.09 Å². The number of amides is 1. The van der Waals surface area contributed by atoms with Gasteiger partial charge in [-0.25, -0.2) is 4.79 Å². The van der Waals surface area contributed by atoms with Crippen molar-refractivity contribution in [2.24, 2.45) is 11.8 Å². The molecular formula is C16H29NO3. The van der Waals surface area contributed by atoms with Gasteiger partial charge < -0.3 is 9.64 Å². The zero-order valence-corrected chi connectivity index (χ0v) is 13.9. The van der Waals surface area contributed by atoms with E-state index in [4.69, 9.17) is 4.74 Å². The predicted molar refractivity (Wildman–Crippen MR) is 79.6 cm³/mol. The summed E-state index contributed by atoms with van der Waals surface area (Å²) in [6.45, 7) is 13.9. The van der Waals surface area contributed by atoms with E-state index in [1.807, 2.05) is 34.6 Å². The van der Waals surface area contributed by atoms with Gasteiger partial charge in [0.1, 0.15) is 0 Å². The van der Waals surface area contributed by atoms with Crippen molar-refractivity contribution in [2.75, 3.05) is 0 Å². The Morgan fingerprint density at radius 3 is 1.80 bits per heavy atom. The smallest absolute Gasteiger partial charge is 0.411 e. The van der Waals surface area contributed by atoms with E-state index in [0.29, 0.717) is 18.8 Å². The van der Waals surface area contributed by atoms with Crippen LogP contribution in [-0.2, 0) is 9.53 Å². The molecule has 0 aromatic heterocycles. The summed E-state index contributed by atoms with van der Waals surface area (Å²) in [5.74, 6) is 0.299. The van der Waals surface area contributed by atoms with Crippen LogP contribution in [-0.4, -0.2) is 34.5 Å². The van der Waals surface area contributed by atoms with Gasteiger partial charge in [-0.3, -0.25) is 4.79 Å². The minimum atomic E-state index is -0.838. The number of rotatable bonds is 6. The average Bonchev–Trinajstić information content (AvgIpc) is 3.08. The van der Waals surface area contributed by atoms with Gasteiger partial charge in [-0.05, 0) is 39.5 Å². The quantitative estimate of drug-likeness (QED) is 0.747. The van der Waals surface area contributed by atoms with E-state index in [1.54, 1.807) is 4.90 Å². The molecule has 0 heterocycles. The molecule has 1 atom stereocenters. The van der Waals surface area contributed by atoms with Gasteiger partial charge in [0.2, 0.25) is 0 Å². The summed E-state index contributed by atoms with van der Waals surface area (Å²) >= 11 is 0. The van der Waals surface area contributed by atoms with Gasteiger partial charge in [0.05, 0.1) is 0 Å². The summed E-state index contributed by atoms with van der Waals surface area (Å²) in [5.41, 5.74) is -0.838. The second-order valence-electron chi connectivity index (χ2n) is 6.87. The summed E-state index contributed by atoms with van der Waals surface area (Å²) in [4.78, 5) is 26.4. The van der Waals surface area contributed by atoms with Crippen molar-refractivity contribution >= 4 is 11.9 Å². The van der Waals surface area contributed by atoms with Crippen LogP contribution in [0.25, 0.3) is 0 Å². The van der Waals surface area contributed by atoms with Crippen LogP contribution in [0.15, 0.2) is 0 Å². The number of carbonyl (C=O) groups is 2. The number of nitrogens with zero attached hydrogens (tertiary/aromatic N) is 1. The molecule has 1 unspecified atom stereocenters. The SMILES string of the molecule is CC(C)C(=O)C1(OC(=O)N(C(C)C)C(C)C(C)C)CC1. The number of carbonyl (C=O) groups excluding carboxylic acids is 2. The molecule has 4 heteroatoms. The molecule has 0 bridgehead atoms. The first-order chi connectivity index (χ1) is 9.12. The Morgan fingerprint density at radius 2 is 1.50 bits per heavy atom. The van der Waals surface area contributed by atoms with Gasteiger partial charge in [-0.15, -0.1) is 0 Å². The highest BCUT2D eigenvalue weighted by Gasteiger charge is 2.55. The van der Waals surface area contributed by atoms with Crippen LogP contribution in [0.3, 0.4) is 0 Å². The normalized spacial score (nSPS) is 18.3. The van der Waals surface area contributed by atoms with Crippen LogP contribution < -0.4 is 0 Å². The lowest BCUT2D eigenvalue weighted by molar-refractivity contribution is -0.133. The highest BCUT2D eigenvalue weighted by atomic mass is 16.6. The lowest BCUT2D eigenvalue weighted by atomic mass is 10.0. The number of ether oxygens (including phenoxy) is 1. The summed E-state index contributed by atoms with van der Waals surface area (Å²) < 4.78 is 5.60. The number of ketones is 1. The van der Waals surface area contributed by atoms with Crippen molar-refractivity contribution in [2.45, 2.75) is 79.0 Å². The number of Topliss-reactive ketones (excluding diaryl/α,β-unsaturated/α-hetero) is 1. The third-order valence-corrected chi connectivity index (χ3v) is 4.13. The standard InChI is InChI=1S/C16H29NO3/c1-10(2)13(7)17(12(5)6)15(19)20-16(8-9-16)14(18)11(3)4/h10-13H,8-9H2,1-7H3. The second-order valence-corrected chi connectivity index (χ2v) is 6.87.